The summed E-state index contributed by atoms with van der Waals surface area (Å²) in [4.78, 5) is 23.3. The monoisotopic (exact) mass is 1120 g/mol. The van der Waals surface area contributed by atoms with E-state index >= 15 is 0 Å². The molecular weight excluding hydrogens is 996 g/mol. The van der Waals surface area contributed by atoms with Crippen molar-refractivity contribution < 1.29 is 32.9 Å². The van der Waals surface area contributed by atoms with Gasteiger partial charge >= 0.3 is 7.82 Å². The van der Waals surface area contributed by atoms with Gasteiger partial charge in [-0.15, -0.1) is 0 Å². The highest BCUT2D eigenvalue weighted by molar-refractivity contribution is 7.47. The fourth-order valence-corrected chi connectivity index (χ4v) is 9.10. The van der Waals surface area contributed by atoms with E-state index in [2.05, 4.69) is 153 Å². The van der Waals surface area contributed by atoms with Gasteiger partial charge in [-0.1, -0.05) is 262 Å². The van der Waals surface area contributed by atoms with Crippen LogP contribution in [0.25, 0.3) is 0 Å². The number of nitrogens with zero attached hydrogens (tertiary/aromatic N) is 1. The van der Waals surface area contributed by atoms with E-state index in [9.17, 15) is 19.4 Å². The number of likely N-dealkylation sites (N-methyl/N-ethyl adjacent to an activating group) is 1. The normalized spacial score (nSPS) is 14.8. The van der Waals surface area contributed by atoms with Crippen molar-refractivity contribution in [2.75, 3.05) is 40.9 Å². The van der Waals surface area contributed by atoms with Crippen LogP contribution in [0.1, 0.15) is 239 Å². The average Bonchev–Trinajstić information content (AvgIpc) is 3.42. The molecule has 3 atom stereocenters. The lowest BCUT2D eigenvalue weighted by Crippen LogP contribution is -2.45. The number of carbonyl (C=O) groups excluding carboxylic acids is 1. The number of hydrogen-bond donors (Lipinski definition) is 3. The minimum absolute atomic E-state index is 0.0463. The minimum atomic E-state index is -4.37. The zero-order valence-corrected chi connectivity index (χ0v) is 52.2. The molecule has 0 spiro atoms. The molecule has 0 aliphatic heterocycles. The number of hydrogen-bond acceptors (Lipinski definition) is 5. The smallest absolute Gasteiger partial charge is 0.387 e. The Labute approximate surface area is 487 Å². The number of aliphatic hydroxyl groups excluding tert-OH is 1. The molecular formula is C70H120N2O6P+. The van der Waals surface area contributed by atoms with Crippen molar-refractivity contribution in [2.24, 2.45) is 0 Å². The van der Waals surface area contributed by atoms with Gasteiger partial charge in [0, 0.05) is 6.42 Å². The predicted octanol–water partition coefficient (Wildman–Crippen LogP) is 20.0. The van der Waals surface area contributed by atoms with Crippen molar-refractivity contribution in [3.05, 3.63) is 146 Å². The van der Waals surface area contributed by atoms with E-state index in [1.165, 1.54) is 109 Å². The van der Waals surface area contributed by atoms with Crippen molar-refractivity contribution in [2.45, 2.75) is 251 Å². The maximum absolute atomic E-state index is 13.0. The topological polar surface area (TPSA) is 105 Å². The Balaban J connectivity index is 4.16. The maximum atomic E-state index is 13.0. The van der Waals surface area contributed by atoms with E-state index < -0.39 is 20.0 Å². The number of quaternary nitrogens is 1. The van der Waals surface area contributed by atoms with E-state index in [1.54, 1.807) is 6.08 Å². The summed E-state index contributed by atoms with van der Waals surface area (Å²) < 4.78 is 23.7. The average molecular weight is 1120 g/mol. The molecule has 0 saturated carbocycles. The summed E-state index contributed by atoms with van der Waals surface area (Å²) in [5.41, 5.74) is 0. The highest BCUT2D eigenvalue weighted by Gasteiger charge is 2.27. The molecule has 79 heavy (non-hydrogen) atoms. The van der Waals surface area contributed by atoms with Crippen LogP contribution >= 0.6 is 7.82 Å². The van der Waals surface area contributed by atoms with Crippen LogP contribution in [0.2, 0.25) is 0 Å². The Bertz CT molecular complexity index is 1790. The molecule has 3 unspecified atom stereocenters. The summed E-state index contributed by atoms with van der Waals surface area (Å²) in [7, 11) is 1.53. The molecule has 0 aromatic heterocycles. The lowest BCUT2D eigenvalue weighted by Gasteiger charge is -2.25. The molecule has 0 aromatic rings. The predicted molar refractivity (Wildman–Crippen MR) is 345 cm³/mol. The fourth-order valence-electron chi connectivity index (χ4n) is 8.36. The largest absolute Gasteiger partial charge is 0.472 e. The van der Waals surface area contributed by atoms with Gasteiger partial charge in [-0.05, 0) is 116 Å². The van der Waals surface area contributed by atoms with E-state index in [-0.39, 0.29) is 19.1 Å². The number of phosphoric acid groups is 1. The summed E-state index contributed by atoms with van der Waals surface area (Å²) in [6.45, 7) is 4.65. The van der Waals surface area contributed by atoms with Crippen LogP contribution in [0.15, 0.2) is 146 Å². The van der Waals surface area contributed by atoms with Crippen LogP contribution in [0.3, 0.4) is 0 Å². The van der Waals surface area contributed by atoms with Gasteiger partial charge in [0.25, 0.3) is 0 Å². The Hall–Kier alpha value is -3.62. The second-order valence-electron chi connectivity index (χ2n) is 22.0. The SMILES string of the molecule is CC/C=C\C/C=C\C/C=C\C/C=C\C/C=C\C/C=C\C/C=C\C/C=C\C/C=C\CCCCCCCCCCCCCC(=O)NC(COP(=O)(O)OCC[N+](C)(C)C)C(O)/C=C/CC/C=C/CC/C=C/CCCCCCCCCC. The molecule has 0 saturated heterocycles. The Morgan fingerprint density at radius 3 is 1.16 bits per heavy atom. The van der Waals surface area contributed by atoms with Crippen LogP contribution < -0.4 is 5.32 Å². The Morgan fingerprint density at radius 1 is 0.443 bits per heavy atom. The van der Waals surface area contributed by atoms with Crippen LogP contribution in [0.4, 0.5) is 0 Å². The van der Waals surface area contributed by atoms with Gasteiger partial charge in [0.2, 0.25) is 5.91 Å². The summed E-state index contributed by atoms with van der Waals surface area (Å²) in [5.74, 6) is -0.200. The number of nitrogens with one attached hydrogen (secondary N) is 1. The molecule has 0 aliphatic rings. The number of carbonyl (C=O) groups is 1. The van der Waals surface area contributed by atoms with E-state index in [0.717, 1.165) is 109 Å². The van der Waals surface area contributed by atoms with Crippen molar-refractivity contribution in [3.8, 4) is 0 Å². The number of unbranched alkanes of at least 4 members (excludes halogenated alkanes) is 21. The molecule has 0 rings (SSSR count). The quantitative estimate of drug-likeness (QED) is 0.0243. The summed E-state index contributed by atoms with van der Waals surface area (Å²) >= 11 is 0. The Kier molecular flexibility index (Phi) is 56.3. The third-order valence-corrected chi connectivity index (χ3v) is 14.3. The number of phosphoric ester groups is 1. The van der Waals surface area contributed by atoms with Gasteiger partial charge in [0.15, 0.2) is 0 Å². The molecule has 0 heterocycles. The van der Waals surface area contributed by atoms with E-state index in [4.69, 9.17) is 9.05 Å². The maximum Gasteiger partial charge on any atom is 0.472 e. The van der Waals surface area contributed by atoms with Gasteiger partial charge in [0.1, 0.15) is 13.2 Å². The number of amides is 1. The van der Waals surface area contributed by atoms with Crippen LogP contribution in [-0.2, 0) is 18.4 Å². The molecule has 0 fully saturated rings. The first-order valence-electron chi connectivity index (χ1n) is 31.7. The molecule has 1 amide bonds. The van der Waals surface area contributed by atoms with Gasteiger partial charge in [-0.25, -0.2) is 4.57 Å². The number of rotatable bonds is 56. The van der Waals surface area contributed by atoms with Crippen molar-refractivity contribution in [3.63, 3.8) is 0 Å². The highest BCUT2D eigenvalue weighted by Crippen LogP contribution is 2.43. The third-order valence-electron chi connectivity index (χ3n) is 13.3. The lowest BCUT2D eigenvalue weighted by molar-refractivity contribution is -0.870. The second kappa shape index (κ2) is 59.0. The lowest BCUT2D eigenvalue weighted by atomic mass is 10.0. The molecule has 450 valence electrons. The third kappa shape index (κ3) is 61.8. The first-order valence-corrected chi connectivity index (χ1v) is 33.2. The van der Waals surface area contributed by atoms with Gasteiger partial charge in [-0.3, -0.25) is 13.8 Å². The van der Waals surface area contributed by atoms with Crippen LogP contribution in [-0.4, -0.2) is 73.4 Å². The first kappa shape index (κ1) is 75.4. The zero-order chi connectivity index (χ0) is 57.7. The van der Waals surface area contributed by atoms with Gasteiger partial charge in [-0.2, -0.15) is 0 Å². The zero-order valence-electron chi connectivity index (χ0n) is 51.3. The highest BCUT2D eigenvalue weighted by atomic mass is 31.2. The molecule has 0 aliphatic carbocycles. The van der Waals surface area contributed by atoms with Crippen LogP contribution in [0, 0.1) is 0 Å². The van der Waals surface area contributed by atoms with E-state index in [0.29, 0.717) is 17.4 Å². The first-order chi connectivity index (χ1) is 38.5. The standard InChI is InChI=1S/C70H119N2O6P/c1-6-8-10-12-14-16-18-20-22-24-26-27-28-29-30-31-32-33-34-35-36-37-38-39-40-41-42-43-44-45-46-48-50-52-54-56-58-60-62-64-70(74)71-68(67-78-79(75,76)77-66-65-72(3,4)5)69(73)63-61-59-57-55-53-51-49-47-25-23-21-19-17-15-13-11-9-7-2/h8,10,14,16,20,22,25-27,29-30,32-33,35-36,38-39,41-42,47,53,55,61,63,68-69,73H,6-7,9,11-13,15,17-19,21,23-24,28,31,34,37,40,43-46,48-52,54,56-60,62,64-67H2,1-5H3,(H-,71,74,75,76)/p+1/b10-8-,16-14-,22-20-,27-26-,30-29-,33-32-,36-35-,39-38-,42-41-,47-25+,55-53+,63-61+. The number of aliphatic hydroxyl groups is 1. The fraction of sp³-hybridized carbons (Fsp3) is 0.643. The summed E-state index contributed by atoms with van der Waals surface area (Å²) in [6, 6.07) is -0.882. The summed E-state index contributed by atoms with van der Waals surface area (Å²) in [5, 5.41) is 13.9. The summed E-state index contributed by atoms with van der Waals surface area (Å²) in [6.07, 6.45) is 91.1. The molecule has 0 aromatic carbocycles. The van der Waals surface area contributed by atoms with Crippen LogP contribution in [0.5, 0.6) is 0 Å². The molecule has 3 N–H and O–H groups in total. The van der Waals surface area contributed by atoms with E-state index in [1.807, 2.05) is 27.2 Å². The van der Waals surface area contributed by atoms with Gasteiger partial charge in [0.05, 0.1) is 39.9 Å². The van der Waals surface area contributed by atoms with Crippen molar-refractivity contribution >= 4 is 13.7 Å². The Morgan fingerprint density at radius 2 is 0.772 bits per heavy atom. The van der Waals surface area contributed by atoms with Gasteiger partial charge < -0.3 is 19.8 Å². The number of allylic oxidation sites excluding steroid dienone is 23. The minimum Gasteiger partial charge on any atom is -0.387 e. The van der Waals surface area contributed by atoms with Crippen molar-refractivity contribution in [1.82, 2.24) is 5.32 Å². The molecule has 8 nitrogen and oxygen atoms in total. The second-order valence-corrected chi connectivity index (χ2v) is 23.5. The molecule has 0 radical (unpaired) electrons. The van der Waals surface area contributed by atoms with Crippen molar-refractivity contribution in [1.29, 1.82) is 0 Å². The molecule has 9 heteroatoms. The molecule has 0 bridgehead atoms.